The third-order valence-corrected chi connectivity index (χ3v) is 4.19. The molecule has 0 bridgehead atoms. The summed E-state index contributed by atoms with van der Waals surface area (Å²) in [5, 5.41) is 2.92. The van der Waals surface area contributed by atoms with E-state index in [2.05, 4.69) is 38.1 Å². The molecule has 0 aliphatic heterocycles. The topological polar surface area (TPSA) is 45.2 Å². The molecule has 23 heavy (non-hydrogen) atoms. The van der Waals surface area contributed by atoms with Crippen molar-refractivity contribution in [3.63, 3.8) is 0 Å². The Bertz CT molecular complexity index is 688. The number of halogens is 1. The van der Waals surface area contributed by atoms with Crippen LogP contribution in [-0.2, 0) is 0 Å². The molecule has 4 nitrogen and oxygen atoms in total. The second-order valence-corrected chi connectivity index (χ2v) is 6.50. The lowest BCUT2D eigenvalue weighted by Gasteiger charge is -2.19. The Labute approximate surface area is 146 Å². The number of carbonyl (C=O) groups excluding carboxylic acids is 1. The van der Waals surface area contributed by atoms with Crippen LogP contribution in [0.3, 0.4) is 0 Å². The second-order valence-electron chi connectivity index (χ2n) is 5.59. The molecule has 1 N–H and O–H groups in total. The summed E-state index contributed by atoms with van der Waals surface area (Å²) < 4.78 is 0.991. The highest BCUT2D eigenvalue weighted by Gasteiger charge is 2.11. The van der Waals surface area contributed by atoms with Crippen LogP contribution in [0.2, 0.25) is 0 Å². The molecule has 0 saturated carbocycles. The van der Waals surface area contributed by atoms with Crippen molar-refractivity contribution in [3.8, 4) is 0 Å². The quantitative estimate of drug-likeness (QED) is 0.799. The highest BCUT2D eigenvalue weighted by molar-refractivity contribution is 9.10. The third kappa shape index (κ3) is 4.79. The Morgan fingerprint density at radius 1 is 1.30 bits per heavy atom. The fourth-order valence-electron chi connectivity index (χ4n) is 2.26. The number of aromatic nitrogens is 1. The number of nitrogens with zero attached hydrogens (tertiary/aromatic N) is 2. The predicted octanol–water partition coefficient (Wildman–Crippen LogP) is 4.64. The van der Waals surface area contributed by atoms with Gasteiger partial charge in [0.1, 0.15) is 5.69 Å². The van der Waals surface area contributed by atoms with Crippen molar-refractivity contribution in [2.75, 3.05) is 23.8 Å². The molecule has 0 fully saturated rings. The SMILES string of the molecule is CCCCN(C)c1ccnc(C(=O)Nc2ccc(Br)cc2C)c1. The van der Waals surface area contributed by atoms with Gasteiger partial charge in [-0.05, 0) is 49.2 Å². The third-order valence-electron chi connectivity index (χ3n) is 3.70. The Balaban J connectivity index is 2.13. The van der Waals surface area contributed by atoms with Gasteiger partial charge in [-0.3, -0.25) is 9.78 Å². The molecule has 0 radical (unpaired) electrons. The molecule has 1 aromatic heterocycles. The van der Waals surface area contributed by atoms with Crippen molar-refractivity contribution < 1.29 is 4.79 Å². The van der Waals surface area contributed by atoms with Crippen molar-refractivity contribution in [2.24, 2.45) is 0 Å². The van der Waals surface area contributed by atoms with Crippen LogP contribution in [-0.4, -0.2) is 24.5 Å². The van der Waals surface area contributed by atoms with Gasteiger partial charge in [0.25, 0.3) is 5.91 Å². The van der Waals surface area contributed by atoms with E-state index in [9.17, 15) is 4.79 Å². The van der Waals surface area contributed by atoms with E-state index in [0.29, 0.717) is 5.69 Å². The summed E-state index contributed by atoms with van der Waals surface area (Å²) in [4.78, 5) is 18.8. The van der Waals surface area contributed by atoms with E-state index in [1.165, 1.54) is 0 Å². The van der Waals surface area contributed by atoms with Crippen LogP contribution >= 0.6 is 15.9 Å². The van der Waals surface area contributed by atoms with Crippen LogP contribution in [0.1, 0.15) is 35.8 Å². The predicted molar refractivity (Wildman–Crippen MR) is 99.2 cm³/mol. The van der Waals surface area contributed by atoms with Crippen LogP contribution < -0.4 is 10.2 Å². The first-order valence-corrected chi connectivity index (χ1v) is 8.55. The van der Waals surface area contributed by atoms with Crippen LogP contribution in [0.15, 0.2) is 41.0 Å². The lowest BCUT2D eigenvalue weighted by Crippen LogP contribution is -2.20. The van der Waals surface area contributed by atoms with E-state index in [1.807, 2.05) is 44.3 Å². The van der Waals surface area contributed by atoms with Gasteiger partial charge in [-0.2, -0.15) is 0 Å². The number of unbranched alkanes of at least 4 members (excludes halogenated alkanes) is 1. The molecule has 0 aliphatic rings. The standard InChI is InChI=1S/C18H22BrN3O/c1-4-5-10-22(3)15-8-9-20-17(12-15)18(23)21-16-7-6-14(19)11-13(16)2/h6-9,11-12H,4-5,10H2,1-3H3,(H,21,23). The Hall–Kier alpha value is -1.88. The van der Waals surface area contributed by atoms with E-state index >= 15 is 0 Å². The minimum Gasteiger partial charge on any atom is -0.374 e. The zero-order chi connectivity index (χ0) is 16.8. The summed E-state index contributed by atoms with van der Waals surface area (Å²) in [6.07, 6.45) is 3.95. The molecule has 1 aromatic carbocycles. The highest BCUT2D eigenvalue weighted by Crippen LogP contribution is 2.21. The van der Waals surface area contributed by atoms with Crippen molar-refractivity contribution in [1.29, 1.82) is 0 Å². The van der Waals surface area contributed by atoms with Crippen LogP contribution in [0.5, 0.6) is 0 Å². The second kappa shape index (κ2) is 8.11. The summed E-state index contributed by atoms with van der Waals surface area (Å²) >= 11 is 3.42. The number of amides is 1. The van der Waals surface area contributed by atoms with E-state index in [-0.39, 0.29) is 5.91 Å². The van der Waals surface area contributed by atoms with Gasteiger partial charge in [0.2, 0.25) is 0 Å². The first-order chi connectivity index (χ1) is 11.0. The Morgan fingerprint density at radius 2 is 2.09 bits per heavy atom. The average molecular weight is 376 g/mol. The average Bonchev–Trinajstić information content (AvgIpc) is 2.55. The van der Waals surface area contributed by atoms with Crippen LogP contribution in [0, 0.1) is 6.92 Å². The van der Waals surface area contributed by atoms with Crippen molar-refractivity contribution >= 4 is 33.2 Å². The fraction of sp³-hybridized carbons (Fsp3) is 0.333. The molecule has 0 spiro atoms. The van der Waals surface area contributed by atoms with Gasteiger partial charge in [-0.1, -0.05) is 29.3 Å². The smallest absolute Gasteiger partial charge is 0.274 e. The van der Waals surface area contributed by atoms with Gasteiger partial charge < -0.3 is 10.2 Å². The van der Waals surface area contributed by atoms with Crippen LogP contribution in [0.4, 0.5) is 11.4 Å². The fourth-order valence-corrected chi connectivity index (χ4v) is 2.73. The molecular weight excluding hydrogens is 354 g/mol. The maximum atomic E-state index is 12.4. The van der Waals surface area contributed by atoms with E-state index < -0.39 is 0 Å². The van der Waals surface area contributed by atoms with Gasteiger partial charge in [-0.25, -0.2) is 0 Å². The van der Waals surface area contributed by atoms with Gasteiger partial charge in [0.15, 0.2) is 0 Å². The molecule has 0 unspecified atom stereocenters. The molecule has 0 aliphatic carbocycles. The Kier molecular flexibility index (Phi) is 6.16. The number of hydrogen-bond acceptors (Lipinski definition) is 3. The number of carbonyl (C=O) groups is 1. The number of rotatable bonds is 6. The van der Waals surface area contributed by atoms with E-state index in [0.717, 1.165) is 40.8 Å². The normalized spacial score (nSPS) is 10.4. The Morgan fingerprint density at radius 3 is 2.78 bits per heavy atom. The number of nitrogens with one attached hydrogen (secondary N) is 1. The molecule has 0 atom stereocenters. The molecule has 122 valence electrons. The summed E-state index contributed by atoms with van der Waals surface area (Å²) in [7, 11) is 2.03. The first-order valence-electron chi connectivity index (χ1n) is 7.76. The lowest BCUT2D eigenvalue weighted by atomic mass is 10.2. The highest BCUT2D eigenvalue weighted by atomic mass is 79.9. The minimum atomic E-state index is -0.193. The van der Waals surface area contributed by atoms with E-state index in [1.54, 1.807) is 6.20 Å². The molecule has 0 saturated heterocycles. The summed E-state index contributed by atoms with van der Waals surface area (Å²) in [6, 6.07) is 9.52. The van der Waals surface area contributed by atoms with Gasteiger partial charge in [-0.15, -0.1) is 0 Å². The molecular formula is C18H22BrN3O. The molecule has 1 amide bonds. The zero-order valence-electron chi connectivity index (χ0n) is 13.8. The van der Waals surface area contributed by atoms with Crippen molar-refractivity contribution in [2.45, 2.75) is 26.7 Å². The van der Waals surface area contributed by atoms with Crippen molar-refractivity contribution in [3.05, 3.63) is 52.3 Å². The minimum absolute atomic E-state index is 0.193. The molecule has 2 aromatic rings. The van der Waals surface area contributed by atoms with Gasteiger partial charge >= 0.3 is 0 Å². The number of pyridine rings is 1. The summed E-state index contributed by atoms with van der Waals surface area (Å²) in [5.41, 5.74) is 3.23. The number of benzene rings is 1. The summed E-state index contributed by atoms with van der Waals surface area (Å²) in [6.45, 7) is 5.09. The van der Waals surface area contributed by atoms with Gasteiger partial charge in [0.05, 0.1) is 0 Å². The zero-order valence-corrected chi connectivity index (χ0v) is 15.4. The molecule has 2 rings (SSSR count). The lowest BCUT2D eigenvalue weighted by molar-refractivity contribution is 0.102. The van der Waals surface area contributed by atoms with Gasteiger partial charge in [0, 0.05) is 35.6 Å². The van der Waals surface area contributed by atoms with E-state index in [4.69, 9.17) is 0 Å². The first kappa shape index (κ1) is 17.5. The number of hydrogen-bond donors (Lipinski definition) is 1. The summed E-state index contributed by atoms with van der Waals surface area (Å²) in [5.74, 6) is -0.193. The van der Waals surface area contributed by atoms with Crippen LogP contribution in [0.25, 0.3) is 0 Å². The monoisotopic (exact) mass is 375 g/mol. The number of anilines is 2. The van der Waals surface area contributed by atoms with Crippen molar-refractivity contribution in [1.82, 2.24) is 4.98 Å². The largest absolute Gasteiger partial charge is 0.374 e. The maximum Gasteiger partial charge on any atom is 0.274 e. The molecule has 5 heteroatoms. The number of aryl methyl sites for hydroxylation is 1. The maximum absolute atomic E-state index is 12.4. The molecule has 1 heterocycles.